The fraction of sp³-hybridized carbons (Fsp3) is 0.296. The van der Waals surface area contributed by atoms with Crippen LogP contribution in [0.1, 0.15) is 49.2 Å². The first kappa shape index (κ1) is 24.9. The Morgan fingerprint density at radius 2 is 1.82 bits per heavy atom. The van der Waals surface area contributed by atoms with Crippen molar-refractivity contribution >= 4 is 17.7 Å². The van der Waals surface area contributed by atoms with Crippen LogP contribution in [0.15, 0.2) is 54.7 Å². The van der Waals surface area contributed by atoms with Gasteiger partial charge in [0.15, 0.2) is 5.78 Å². The normalized spacial score (nSPS) is 11.1. The second-order valence-electron chi connectivity index (χ2n) is 8.99. The van der Waals surface area contributed by atoms with Crippen molar-refractivity contribution in [3.63, 3.8) is 0 Å². The second-order valence-corrected chi connectivity index (χ2v) is 8.99. The highest BCUT2D eigenvalue weighted by atomic mass is 19.1. The molecule has 0 bridgehead atoms. The van der Waals surface area contributed by atoms with E-state index in [-0.39, 0.29) is 5.78 Å². The number of hydrogen-bond donors (Lipinski definition) is 0. The molecule has 34 heavy (non-hydrogen) atoms. The molecule has 0 aliphatic heterocycles. The quantitative estimate of drug-likeness (QED) is 0.415. The molecule has 3 rings (SSSR count). The molecule has 3 aromatic rings. The van der Waals surface area contributed by atoms with E-state index in [2.05, 4.69) is 4.98 Å². The molecule has 0 N–H and O–H groups in total. The number of halogens is 1. The summed E-state index contributed by atoms with van der Waals surface area (Å²) in [7, 11) is 3.07. The standard InChI is InChI=1S/C27H29FN2O4/c1-17(31)19-8-7-9-20(15-19)24-22(33-6)12-11-21(25(24)28)14-18-10-13-23(29-16-18)30(5)26(32)34-27(2,3)4/h7-13,15-16H,14H2,1-6H3. The van der Waals surface area contributed by atoms with Crippen molar-refractivity contribution in [1.82, 2.24) is 4.98 Å². The molecule has 1 aromatic heterocycles. The zero-order chi connectivity index (χ0) is 25.0. The Balaban J connectivity index is 1.88. The van der Waals surface area contributed by atoms with E-state index in [9.17, 15) is 9.59 Å². The Morgan fingerprint density at radius 1 is 1.09 bits per heavy atom. The Hall–Kier alpha value is -3.74. The number of ketones is 1. The SMILES string of the molecule is COc1ccc(Cc2ccc(N(C)C(=O)OC(C)(C)C)nc2)c(F)c1-c1cccc(C(C)=O)c1. The predicted molar refractivity (Wildman–Crippen MR) is 130 cm³/mol. The van der Waals surface area contributed by atoms with E-state index in [4.69, 9.17) is 9.47 Å². The number of ether oxygens (including phenoxy) is 2. The summed E-state index contributed by atoms with van der Waals surface area (Å²) in [6.07, 6.45) is 1.39. The van der Waals surface area contributed by atoms with Crippen LogP contribution in [0.25, 0.3) is 11.1 Å². The molecule has 1 amide bonds. The third kappa shape index (κ3) is 5.78. The van der Waals surface area contributed by atoms with Crippen LogP contribution in [0.5, 0.6) is 5.75 Å². The number of hydrogen-bond acceptors (Lipinski definition) is 5. The topological polar surface area (TPSA) is 68.7 Å². The number of anilines is 1. The van der Waals surface area contributed by atoms with Crippen LogP contribution in [0.4, 0.5) is 15.0 Å². The van der Waals surface area contributed by atoms with E-state index in [0.29, 0.717) is 40.2 Å². The van der Waals surface area contributed by atoms with E-state index >= 15 is 4.39 Å². The van der Waals surface area contributed by atoms with E-state index in [0.717, 1.165) is 5.56 Å². The maximum atomic E-state index is 15.6. The van der Waals surface area contributed by atoms with Gasteiger partial charge in [-0.15, -0.1) is 0 Å². The van der Waals surface area contributed by atoms with Crippen LogP contribution in [0.2, 0.25) is 0 Å². The smallest absolute Gasteiger partial charge is 0.415 e. The van der Waals surface area contributed by atoms with Gasteiger partial charge in [-0.1, -0.05) is 30.3 Å². The molecule has 6 nitrogen and oxygen atoms in total. The Bertz CT molecular complexity index is 1200. The van der Waals surface area contributed by atoms with Gasteiger partial charge in [-0.3, -0.25) is 9.69 Å². The largest absolute Gasteiger partial charge is 0.496 e. The maximum absolute atomic E-state index is 15.6. The Kier molecular flexibility index (Phi) is 7.35. The first-order valence-corrected chi connectivity index (χ1v) is 10.9. The first-order chi connectivity index (χ1) is 16.0. The van der Waals surface area contributed by atoms with E-state index in [1.165, 1.54) is 18.9 Å². The molecule has 0 atom stereocenters. The highest BCUT2D eigenvalue weighted by molar-refractivity contribution is 5.95. The Labute approximate surface area is 199 Å². The molecule has 0 spiro atoms. The summed E-state index contributed by atoms with van der Waals surface area (Å²) in [5, 5.41) is 0. The van der Waals surface area contributed by atoms with Crippen molar-refractivity contribution in [2.75, 3.05) is 19.1 Å². The number of aromatic nitrogens is 1. The van der Waals surface area contributed by atoms with E-state index in [1.54, 1.807) is 82.5 Å². The van der Waals surface area contributed by atoms with Gasteiger partial charge in [0.1, 0.15) is 23.0 Å². The van der Waals surface area contributed by atoms with Crippen LogP contribution < -0.4 is 9.64 Å². The van der Waals surface area contributed by atoms with Crippen molar-refractivity contribution in [3.05, 3.63) is 77.2 Å². The van der Waals surface area contributed by atoms with Crippen molar-refractivity contribution in [2.24, 2.45) is 0 Å². The summed E-state index contributed by atoms with van der Waals surface area (Å²) < 4.78 is 26.4. The molecule has 0 unspecified atom stereocenters. The molecule has 0 aliphatic carbocycles. The van der Waals surface area contributed by atoms with E-state index in [1.807, 2.05) is 0 Å². The minimum absolute atomic E-state index is 0.0973. The van der Waals surface area contributed by atoms with Gasteiger partial charge in [-0.2, -0.15) is 0 Å². The number of rotatable bonds is 6. The fourth-order valence-corrected chi connectivity index (χ4v) is 3.43. The van der Waals surface area contributed by atoms with Gasteiger partial charge in [0.05, 0.1) is 12.7 Å². The Morgan fingerprint density at radius 3 is 2.41 bits per heavy atom. The van der Waals surface area contributed by atoms with Crippen molar-refractivity contribution in [3.8, 4) is 16.9 Å². The number of benzene rings is 2. The minimum atomic E-state index is -0.612. The van der Waals surface area contributed by atoms with Crippen LogP contribution in [-0.4, -0.2) is 36.6 Å². The fourth-order valence-electron chi connectivity index (χ4n) is 3.43. The lowest BCUT2D eigenvalue weighted by molar-refractivity contribution is 0.0588. The molecular weight excluding hydrogens is 435 g/mol. The highest BCUT2D eigenvalue weighted by Crippen LogP contribution is 2.35. The zero-order valence-corrected chi connectivity index (χ0v) is 20.3. The lowest BCUT2D eigenvalue weighted by Gasteiger charge is -2.24. The van der Waals surface area contributed by atoms with Crippen LogP contribution in [0, 0.1) is 5.82 Å². The number of amides is 1. The molecule has 178 valence electrons. The molecule has 7 heteroatoms. The number of carbonyl (C=O) groups excluding carboxylic acids is 2. The van der Waals surface area contributed by atoms with E-state index < -0.39 is 17.5 Å². The summed E-state index contributed by atoms with van der Waals surface area (Å²) in [5.41, 5.74) is 1.98. The minimum Gasteiger partial charge on any atom is -0.496 e. The lowest BCUT2D eigenvalue weighted by Crippen LogP contribution is -2.34. The highest BCUT2D eigenvalue weighted by Gasteiger charge is 2.21. The van der Waals surface area contributed by atoms with Gasteiger partial charge in [-0.05, 0) is 62.6 Å². The number of pyridine rings is 1. The summed E-state index contributed by atoms with van der Waals surface area (Å²) in [6.45, 7) is 6.86. The summed E-state index contributed by atoms with van der Waals surface area (Å²) in [4.78, 5) is 29.7. The van der Waals surface area contributed by atoms with Crippen LogP contribution >= 0.6 is 0 Å². The summed E-state index contributed by atoms with van der Waals surface area (Å²) >= 11 is 0. The lowest BCUT2D eigenvalue weighted by atomic mass is 9.96. The van der Waals surface area contributed by atoms with Crippen molar-refractivity contribution in [1.29, 1.82) is 0 Å². The third-order valence-electron chi connectivity index (χ3n) is 5.18. The monoisotopic (exact) mass is 464 g/mol. The average molecular weight is 465 g/mol. The van der Waals surface area contributed by atoms with Crippen molar-refractivity contribution < 1.29 is 23.5 Å². The first-order valence-electron chi connectivity index (χ1n) is 10.9. The molecule has 0 saturated carbocycles. The molecule has 0 saturated heterocycles. The van der Waals surface area contributed by atoms with Crippen LogP contribution in [-0.2, 0) is 11.2 Å². The molecule has 2 aromatic carbocycles. The van der Waals surface area contributed by atoms with Crippen molar-refractivity contribution in [2.45, 2.75) is 39.7 Å². The molecule has 1 heterocycles. The number of methoxy groups -OCH3 is 1. The third-order valence-corrected chi connectivity index (χ3v) is 5.18. The summed E-state index contributed by atoms with van der Waals surface area (Å²) in [5.74, 6) is 0.291. The van der Waals surface area contributed by atoms with Gasteiger partial charge in [0.25, 0.3) is 0 Å². The predicted octanol–water partition coefficient (Wildman–Crippen LogP) is 6.06. The van der Waals surface area contributed by atoms with Gasteiger partial charge < -0.3 is 9.47 Å². The summed E-state index contributed by atoms with van der Waals surface area (Å²) in [6, 6.07) is 13.7. The number of nitrogens with zero attached hydrogens (tertiary/aromatic N) is 2. The molecule has 0 fully saturated rings. The zero-order valence-electron chi connectivity index (χ0n) is 20.3. The van der Waals surface area contributed by atoms with Gasteiger partial charge in [-0.25, -0.2) is 14.2 Å². The van der Waals surface area contributed by atoms with Gasteiger partial charge in [0.2, 0.25) is 0 Å². The average Bonchev–Trinajstić information content (AvgIpc) is 2.79. The second kappa shape index (κ2) is 10.0. The van der Waals surface area contributed by atoms with Gasteiger partial charge in [0, 0.05) is 25.2 Å². The maximum Gasteiger partial charge on any atom is 0.415 e. The van der Waals surface area contributed by atoms with Crippen LogP contribution in [0.3, 0.4) is 0 Å². The number of carbonyl (C=O) groups is 2. The molecule has 0 aliphatic rings. The number of Topliss-reactive ketones (excluding diaryl/α,β-unsaturated/α-hetero) is 1. The molecular formula is C27H29FN2O4. The van der Waals surface area contributed by atoms with Gasteiger partial charge >= 0.3 is 6.09 Å². The molecule has 0 radical (unpaired) electrons.